The summed E-state index contributed by atoms with van der Waals surface area (Å²) in [7, 11) is 0. The zero-order chi connectivity index (χ0) is 16.3. The molecular weight excluding hydrogens is 288 g/mol. The van der Waals surface area contributed by atoms with Crippen LogP contribution < -0.4 is 6.15 Å². The van der Waals surface area contributed by atoms with Crippen molar-refractivity contribution in [2.75, 3.05) is 26.2 Å². The van der Waals surface area contributed by atoms with Gasteiger partial charge in [0.25, 0.3) is 0 Å². The van der Waals surface area contributed by atoms with E-state index >= 15 is 0 Å². The molecule has 124 valence electrons. The standard InChI is InChI=1S/C8H11NO8.C3H8.H3N/c10-5(11)1-9(2-6(12)13,3-7(14)15)4-8(16)17;1-3-2;/h1-4H2,(H3-,10,11,12,13,14,15,16,17);3H2,1-2H3;1H3/p+1. The van der Waals surface area contributed by atoms with Crippen molar-refractivity contribution < 1.29 is 44.1 Å². The molecule has 0 atom stereocenters. The van der Waals surface area contributed by atoms with Gasteiger partial charge >= 0.3 is 23.9 Å². The van der Waals surface area contributed by atoms with E-state index in [2.05, 4.69) is 13.8 Å². The van der Waals surface area contributed by atoms with Crippen LogP contribution in [0.2, 0.25) is 0 Å². The largest absolute Gasteiger partial charge is 0.477 e. The Morgan fingerprint density at radius 3 is 0.905 bits per heavy atom. The van der Waals surface area contributed by atoms with Crippen LogP contribution in [0.4, 0.5) is 0 Å². The molecule has 0 aromatic heterocycles. The van der Waals surface area contributed by atoms with E-state index in [1.165, 1.54) is 6.42 Å². The lowest BCUT2D eigenvalue weighted by Crippen LogP contribution is -2.58. The van der Waals surface area contributed by atoms with Crippen molar-refractivity contribution in [1.29, 1.82) is 0 Å². The smallest absolute Gasteiger partial charge is 0.359 e. The van der Waals surface area contributed by atoms with Gasteiger partial charge in [-0.15, -0.1) is 0 Å². The lowest BCUT2D eigenvalue weighted by Gasteiger charge is -2.32. The first-order chi connectivity index (χ1) is 9.08. The minimum atomic E-state index is -1.46. The first-order valence-corrected chi connectivity index (χ1v) is 5.80. The number of hydrogen-bond acceptors (Lipinski definition) is 5. The number of rotatable bonds is 8. The molecule has 0 saturated carbocycles. The Bertz CT molecular complexity index is 300. The monoisotopic (exact) mass is 311 g/mol. The molecule has 0 fully saturated rings. The van der Waals surface area contributed by atoms with Gasteiger partial charge in [-0.3, -0.25) is 4.48 Å². The third-order valence-corrected chi connectivity index (χ3v) is 1.88. The van der Waals surface area contributed by atoms with E-state index in [9.17, 15) is 19.2 Å². The van der Waals surface area contributed by atoms with Crippen LogP contribution in [-0.4, -0.2) is 75.0 Å². The Hall–Kier alpha value is -2.20. The average molecular weight is 311 g/mol. The highest BCUT2D eigenvalue weighted by Crippen LogP contribution is 2.07. The maximum Gasteiger partial charge on any atom is 0.359 e. The van der Waals surface area contributed by atoms with Crippen LogP contribution in [0.5, 0.6) is 0 Å². The second-order valence-corrected chi connectivity index (χ2v) is 4.26. The SMILES string of the molecule is CCC.N.O=C(O)C[N+](CC(=O)O)(CC(=O)O)CC(=O)O. The molecule has 0 unspecified atom stereocenters. The van der Waals surface area contributed by atoms with Crippen molar-refractivity contribution >= 4 is 23.9 Å². The molecule has 0 saturated heterocycles. The molecule has 0 aromatic carbocycles. The maximum absolute atomic E-state index is 10.6. The predicted octanol–water partition coefficient (Wildman–Crippen LogP) is -0.280. The third kappa shape index (κ3) is 14.0. The molecule has 0 radical (unpaired) electrons. The molecule has 0 aliphatic rings. The summed E-state index contributed by atoms with van der Waals surface area (Å²) in [5, 5.41) is 34.4. The number of carboxylic acids is 4. The fourth-order valence-electron chi connectivity index (χ4n) is 1.48. The Morgan fingerprint density at radius 1 is 0.667 bits per heavy atom. The van der Waals surface area contributed by atoms with Crippen molar-refractivity contribution in [1.82, 2.24) is 6.15 Å². The molecule has 0 aliphatic heterocycles. The highest BCUT2D eigenvalue weighted by molar-refractivity contribution is 5.75. The number of quaternary nitrogens is 1. The molecule has 21 heavy (non-hydrogen) atoms. The van der Waals surface area contributed by atoms with Crippen LogP contribution in [0.1, 0.15) is 20.3 Å². The van der Waals surface area contributed by atoms with Gasteiger partial charge < -0.3 is 26.6 Å². The second kappa shape index (κ2) is 11.6. The summed E-state index contributed by atoms with van der Waals surface area (Å²) >= 11 is 0. The van der Waals surface area contributed by atoms with Gasteiger partial charge in [0.05, 0.1) is 0 Å². The van der Waals surface area contributed by atoms with Crippen molar-refractivity contribution in [3.05, 3.63) is 0 Å². The van der Waals surface area contributed by atoms with Gasteiger partial charge in [0.1, 0.15) is 0 Å². The highest BCUT2D eigenvalue weighted by atomic mass is 16.4. The zero-order valence-corrected chi connectivity index (χ0v) is 12.1. The number of nitrogens with zero attached hydrogens (tertiary/aromatic N) is 1. The quantitative estimate of drug-likeness (QED) is 0.376. The first-order valence-electron chi connectivity index (χ1n) is 5.80. The van der Waals surface area contributed by atoms with E-state index < -0.39 is 54.5 Å². The molecule has 0 heterocycles. The Kier molecular flexibility index (Phi) is 13.2. The molecule has 0 spiro atoms. The average Bonchev–Trinajstić information content (AvgIpc) is 2.11. The summed E-state index contributed by atoms with van der Waals surface area (Å²) in [6.07, 6.45) is 1.25. The van der Waals surface area contributed by atoms with Crippen LogP contribution in [0, 0.1) is 0 Å². The maximum atomic E-state index is 10.6. The fraction of sp³-hybridized carbons (Fsp3) is 0.636. The van der Waals surface area contributed by atoms with E-state index in [-0.39, 0.29) is 6.15 Å². The van der Waals surface area contributed by atoms with Gasteiger partial charge in [0, 0.05) is 0 Å². The number of carboxylic acid groups (broad SMARTS) is 4. The van der Waals surface area contributed by atoms with E-state index in [4.69, 9.17) is 20.4 Å². The molecule has 10 heteroatoms. The van der Waals surface area contributed by atoms with Crippen molar-refractivity contribution in [2.24, 2.45) is 0 Å². The number of carbonyl (C=O) groups is 4. The van der Waals surface area contributed by atoms with Crippen LogP contribution in [-0.2, 0) is 19.2 Å². The van der Waals surface area contributed by atoms with Crippen molar-refractivity contribution in [3.8, 4) is 0 Å². The van der Waals surface area contributed by atoms with Gasteiger partial charge in [-0.2, -0.15) is 0 Å². The lowest BCUT2D eigenvalue weighted by atomic mass is 10.3. The normalized spacial score (nSPS) is 9.62. The summed E-state index contributed by atoms with van der Waals surface area (Å²) in [5.41, 5.74) is 0. The minimum absolute atomic E-state index is 0. The molecule has 0 bridgehead atoms. The van der Waals surface area contributed by atoms with Crippen LogP contribution in [0.3, 0.4) is 0 Å². The molecule has 10 nitrogen and oxygen atoms in total. The highest BCUT2D eigenvalue weighted by Gasteiger charge is 2.38. The molecule has 0 aromatic rings. The molecule has 0 aliphatic carbocycles. The Morgan fingerprint density at radius 2 is 0.810 bits per heavy atom. The van der Waals surface area contributed by atoms with Gasteiger partial charge in [0.2, 0.25) is 0 Å². The number of hydrogen-bond donors (Lipinski definition) is 5. The Balaban J connectivity index is -0.000000740. The molecular formula is C11H23N2O8+. The van der Waals surface area contributed by atoms with E-state index in [0.717, 1.165) is 0 Å². The van der Waals surface area contributed by atoms with E-state index in [1.54, 1.807) is 0 Å². The predicted molar refractivity (Wildman–Crippen MR) is 71.3 cm³/mol. The van der Waals surface area contributed by atoms with Crippen LogP contribution >= 0.6 is 0 Å². The Labute approximate surface area is 121 Å². The lowest BCUT2D eigenvalue weighted by molar-refractivity contribution is -0.900. The molecule has 0 amide bonds. The first kappa shape index (κ1) is 23.9. The summed E-state index contributed by atoms with van der Waals surface area (Å²) in [4.78, 5) is 42.3. The van der Waals surface area contributed by atoms with Gasteiger partial charge in [0.15, 0.2) is 26.2 Å². The summed E-state index contributed by atoms with van der Waals surface area (Å²) in [6, 6.07) is 0. The second-order valence-electron chi connectivity index (χ2n) is 4.26. The minimum Gasteiger partial charge on any atom is -0.477 e. The van der Waals surface area contributed by atoms with Crippen LogP contribution in [0.25, 0.3) is 0 Å². The molecule has 0 rings (SSSR count). The number of aliphatic carboxylic acids is 4. The summed E-state index contributed by atoms with van der Waals surface area (Å²) in [6.45, 7) is 0.714. The third-order valence-electron chi connectivity index (χ3n) is 1.88. The zero-order valence-electron chi connectivity index (χ0n) is 12.1. The van der Waals surface area contributed by atoms with E-state index in [1.807, 2.05) is 0 Å². The van der Waals surface area contributed by atoms with Gasteiger partial charge in [-0.1, -0.05) is 20.3 Å². The van der Waals surface area contributed by atoms with Gasteiger partial charge in [-0.25, -0.2) is 19.2 Å². The molecule has 7 N–H and O–H groups in total. The van der Waals surface area contributed by atoms with Crippen LogP contribution in [0.15, 0.2) is 0 Å². The summed E-state index contributed by atoms with van der Waals surface area (Å²) in [5.74, 6) is -5.86. The van der Waals surface area contributed by atoms with Gasteiger partial charge in [-0.05, 0) is 0 Å². The van der Waals surface area contributed by atoms with E-state index in [0.29, 0.717) is 0 Å². The van der Waals surface area contributed by atoms with Crippen molar-refractivity contribution in [3.63, 3.8) is 0 Å². The van der Waals surface area contributed by atoms with Crippen molar-refractivity contribution in [2.45, 2.75) is 20.3 Å². The summed E-state index contributed by atoms with van der Waals surface area (Å²) < 4.78 is -1.07. The fourth-order valence-corrected chi connectivity index (χ4v) is 1.48. The topological polar surface area (TPSA) is 184 Å².